The van der Waals surface area contributed by atoms with Gasteiger partial charge in [-0.15, -0.1) is 6.58 Å². The minimum Gasteiger partial charge on any atom is -0.388 e. The van der Waals surface area contributed by atoms with Gasteiger partial charge in [0.15, 0.2) is 5.78 Å². The molecule has 0 aromatic heterocycles. The van der Waals surface area contributed by atoms with Crippen molar-refractivity contribution in [2.24, 2.45) is 22.2 Å². The summed E-state index contributed by atoms with van der Waals surface area (Å²) in [5.41, 5.74) is -1.02. The van der Waals surface area contributed by atoms with E-state index in [1.54, 1.807) is 13.0 Å². The molecule has 0 amide bonds. The molecule has 0 aromatic rings. The molecule has 1 saturated carbocycles. The van der Waals surface area contributed by atoms with Crippen molar-refractivity contribution in [1.29, 1.82) is 0 Å². The minimum absolute atomic E-state index is 0.0565. The highest BCUT2D eigenvalue weighted by Gasteiger charge is 2.72. The van der Waals surface area contributed by atoms with Gasteiger partial charge in [-0.3, -0.25) is 4.79 Å². The first-order valence-corrected chi connectivity index (χ1v) is 9.18. The largest absolute Gasteiger partial charge is 0.388 e. The van der Waals surface area contributed by atoms with Gasteiger partial charge < -0.3 is 20.1 Å². The van der Waals surface area contributed by atoms with Gasteiger partial charge >= 0.3 is 0 Å². The Morgan fingerprint density at radius 2 is 1.92 bits per heavy atom. The first-order valence-electron chi connectivity index (χ1n) is 9.18. The number of ketones is 1. The highest BCUT2D eigenvalue weighted by atomic mass is 16.6. The highest BCUT2D eigenvalue weighted by Crippen LogP contribution is 2.67. The maximum atomic E-state index is 13.2. The van der Waals surface area contributed by atoms with Crippen LogP contribution in [0, 0.1) is 22.2 Å². The number of aliphatic hydroxyl groups is 3. The molecule has 3 aliphatic carbocycles. The molecule has 138 valence electrons. The van der Waals surface area contributed by atoms with E-state index in [0.29, 0.717) is 5.57 Å². The molecule has 2 bridgehead atoms. The predicted octanol–water partition coefficient (Wildman–Crippen LogP) is 1.72. The lowest BCUT2D eigenvalue weighted by Gasteiger charge is -2.66. The lowest BCUT2D eigenvalue weighted by Crippen LogP contribution is -2.73. The average molecular weight is 348 g/mol. The zero-order chi connectivity index (χ0) is 18.4. The maximum absolute atomic E-state index is 13.2. The smallest absolute Gasteiger partial charge is 0.218 e. The average Bonchev–Trinajstić information content (AvgIpc) is 2.53. The van der Waals surface area contributed by atoms with Gasteiger partial charge in [0.2, 0.25) is 5.79 Å². The number of aliphatic hydroxyl groups excluding tert-OH is 2. The summed E-state index contributed by atoms with van der Waals surface area (Å²) in [5, 5.41) is 33.4. The summed E-state index contributed by atoms with van der Waals surface area (Å²) in [6.45, 7) is 9.91. The number of hydrogen-bond donors (Lipinski definition) is 3. The number of Topliss-reactive ketones (excluding diaryl/α,β-unsaturated/α-hetero) is 1. The van der Waals surface area contributed by atoms with Crippen LogP contribution in [-0.2, 0) is 9.53 Å². The molecule has 0 unspecified atom stereocenters. The van der Waals surface area contributed by atoms with Gasteiger partial charge in [0.1, 0.15) is 6.10 Å². The number of ether oxygens (including phenoxy) is 1. The van der Waals surface area contributed by atoms with Gasteiger partial charge in [-0.05, 0) is 18.3 Å². The van der Waals surface area contributed by atoms with Gasteiger partial charge in [-0.2, -0.15) is 0 Å². The van der Waals surface area contributed by atoms with E-state index in [4.69, 9.17) is 4.74 Å². The number of carbonyl (C=O) groups is 1. The Labute approximate surface area is 148 Å². The van der Waals surface area contributed by atoms with Crippen LogP contribution in [-0.4, -0.2) is 45.7 Å². The Hall–Kier alpha value is -1.01. The fourth-order valence-electron chi connectivity index (χ4n) is 6.20. The Kier molecular flexibility index (Phi) is 3.36. The minimum atomic E-state index is -2.00. The Balaban J connectivity index is 2.01. The van der Waals surface area contributed by atoms with Crippen LogP contribution in [0.5, 0.6) is 0 Å². The van der Waals surface area contributed by atoms with Gasteiger partial charge in [-0.25, -0.2) is 0 Å². The van der Waals surface area contributed by atoms with Crippen molar-refractivity contribution in [1.82, 2.24) is 0 Å². The maximum Gasteiger partial charge on any atom is 0.218 e. The molecular formula is C20H28O5. The molecule has 2 fully saturated rings. The third kappa shape index (κ3) is 1.85. The zero-order valence-electron chi connectivity index (χ0n) is 15.2. The van der Waals surface area contributed by atoms with Crippen LogP contribution in [0.3, 0.4) is 0 Å². The third-order valence-electron chi connectivity index (χ3n) is 7.49. The van der Waals surface area contributed by atoms with Crippen LogP contribution in [0.25, 0.3) is 0 Å². The quantitative estimate of drug-likeness (QED) is 0.628. The van der Waals surface area contributed by atoms with E-state index in [1.165, 1.54) is 0 Å². The van der Waals surface area contributed by atoms with Crippen LogP contribution >= 0.6 is 0 Å². The molecule has 2 heterocycles. The van der Waals surface area contributed by atoms with Crippen molar-refractivity contribution in [2.75, 3.05) is 6.61 Å². The topological polar surface area (TPSA) is 87.0 Å². The summed E-state index contributed by atoms with van der Waals surface area (Å²) in [6, 6.07) is 0. The van der Waals surface area contributed by atoms with Crippen molar-refractivity contribution in [3.05, 3.63) is 23.8 Å². The van der Waals surface area contributed by atoms with E-state index < -0.39 is 28.8 Å². The first-order chi connectivity index (χ1) is 11.5. The summed E-state index contributed by atoms with van der Waals surface area (Å²) in [5.74, 6) is -2.33. The van der Waals surface area contributed by atoms with E-state index in [2.05, 4.69) is 20.4 Å². The predicted molar refractivity (Wildman–Crippen MR) is 91.4 cm³/mol. The molecule has 5 heteroatoms. The molecule has 0 aromatic carbocycles. The van der Waals surface area contributed by atoms with Crippen molar-refractivity contribution in [3.63, 3.8) is 0 Å². The van der Waals surface area contributed by atoms with E-state index in [0.717, 1.165) is 19.3 Å². The lowest BCUT2D eigenvalue weighted by atomic mass is 9.43. The standard InChI is InChI=1S/C20H28O5/c1-5-18(4)9-11(21)12-13(15(18)22)20(24)16(23)14-17(2,3)7-6-8-19(12,14)10-25-20/h5,14-16,22-24H,1,6-10H2,2-4H3/t14-,15+,16+,18-,19-,20+/m0/s1. The Morgan fingerprint density at radius 1 is 1.24 bits per heavy atom. The van der Waals surface area contributed by atoms with Crippen LogP contribution < -0.4 is 0 Å². The van der Waals surface area contributed by atoms with Gasteiger partial charge in [0.05, 0.1) is 12.7 Å². The fourth-order valence-corrected chi connectivity index (χ4v) is 6.20. The molecule has 5 aliphatic rings. The molecule has 1 spiro atoms. The molecule has 1 saturated heterocycles. The molecule has 5 rings (SSSR count). The van der Waals surface area contributed by atoms with Gasteiger partial charge in [0, 0.05) is 34.3 Å². The molecule has 0 radical (unpaired) electrons. The molecule has 3 N–H and O–H groups in total. The van der Waals surface area contributed by atoms with Crippen molar-refractivity contribution in [2.45, 2.75) is 64.4 Å². The van der Waals surface area contributed by atoms with Gasteiger partial charge in [-0.1, -0.05) is 33.3 Å². The monoisotopic (exact) mass is 348 g/mol. The second-order valence-electron chi connectivity index (χ2n) is 9.41. The number of fused-ring (bicyclic) bond motifs is 1. The molecule has 2 aliphatic heterocycles. The molecular weight excluding hydrogens is 320 g/mol. The SMILES string of the molecule is C=C[C@@]1(C)CC(=O)C2=C([C@H]1O)[C@@]1(O)OC[C@@]23CCCC(C)(C)[C@@H]3[C@H]1O. The molecule has 6 atom stereocenters. The second-order valence-corrected chi connectivity index (χ2v) is 9.41. The van der Waals surface area contributed by atoms with Crippen LogP contribution in [0.15, 0.2) is 23.8 Å². The fraction of sp³-hybridized carbons (Fsp3) is 0.750. The normalized spacial score (nSPS) is 51.1. The summed E-state index contributed by atoms with van der Waals surface area (Å²) >= 11 is 0. The first kappa shape index (κ1) is 17.4. The summed E-state index contributed by atoms with van der Waals surface area (Å²) in [4.78, 5) is 13.2. The van der Waals surface area contributed by atoms with E-state index in [1.807, 2.05) is 0 Å². The van der Waals surface area contributed by atoms with Crippen LogP contribution in [0.1, 0.15) is 46.5 Å². The Morgan fingerprint density at radius 3 is 2.56 bits per heavy atom. The van der Waals surface area contributed by atoms with E-state index in [-0.39, 0.29) is 35.7 Å². The van der Waals surface area contributed by atoms with Crippen molar-refractivity contribution in [3.8, 4) is 0 Å². The summed E-state index contributed by atoms with van der Waals surface area (Å²) in [6.07, 6.45) is 2.06. The highest BCUT2D eigenvalue weighted by molar-refractivity contribution is 6.00. The summed E-state index contributed by atoms with van der Waals surface area (Å²) in [7, 11) is 0. The number of rotatable bonds is 1. The van der Waals surface area contributed by atoms with Gasteiger partial charge in [0.25, 0.3) is 0 Å². The van der Waals surface area contributed by atoms with Crippen molar-refractivity contribution < 1.29 is 24.9 Å². The lowest BCUT2D eigenvalue weighted by molar-refractivity contribution is -0.335. The van der Waals surface area contributed by atoms with E-state index >= 15 is 0 Å². The third-order valence-corrected chi connectivity index (χ3v) is 7.49. The number of carbonyl (C=O) groups excluding carboxylic acids is 1. The second kappa shape index (κ2) is 4.83. The molecule has 5 nitrogen and oxygen atoms in total. The molecule has 25 heavy (non-hydrogen) atoms. The summed E-state index contributed by atoms with van der Waals surface area (Å²) < 4.78 is 5.76. The number of hydrogen-bond acceptors (Lipinski definition) is 5. The van der Waals surface area contributed by atoms with Crippen LogP contribution in [0.4, 0.5) is 0 Å². The van der Waals surface area contributed by atoms with Crippen molar-refractivity contribution >= 4 is 5.78 Å². The zero-order valence-corrected chi connectivity index (χ0v) is 15.2. The van der Waals surface area contributed by atoms with E-state index in [9.17, 15) is 20.1 Å². The van der Waals surface area contributed by atoms with Crippen LogP contribution in [0.2, 0.25) is 0 Å². The Bertz CT molecular complexity index is 694.